The highest BCUT2D eigenvalue weighted by molar-refractivity contribution is 5.99. The van der Waals surface area contributed by atoms with Crippen LogP contribution in [0, 0.1) is 0 Å². The van der Waals surface area contributed by atoms with Crippen molar-refractivity contribution in [3.63, 3.8) is 0 Å². The zero-order valence-electron chi connectivity index (χ0n) is 8.91. The fraction of sp³-hybridized carbons (Fsp3) is 0.700. The van der Waals surface area contributed by atoms with E-state index < -0.39 is 0 Å². The molecule has 0 aromatic rings. The second kappa shape index (κ2) is 5.60. The largest absolute Gasteiger partial charge is 0.300 e. The van der Waals surface area contributed by atoms with Crippen molar-refractivity contribution in [3.8, 4) is 0 Å². The summed E-state index contributed by atoms with van der Waals surface area (Å²) in [5, 5.41) is 2.23. The second-order valence-electron chi connectivity index (χ2n) is 3.68. The molecule has 0 bridgehead atoms. The molecule has 0 aromatic carbocycles. The van der Waals surface area contributed by atoms with Crippen molar-refractivity contribution in [3.05, 3.63) is 0 Å². The summed E-state index contributed by atoms with van der Waals surface area (Å²) in [6, 6.07) is 0. The SMILES string of the molecule is CCC(=O)CCCN1CC(=O)NC(=O)C1. The van der Waals surface area contributed by atoms with Crippen molar-refractivity contribution in [2.75, 3.05) is 19.6 Å². The first-order valence-electron chi connectivity index (χ1n) is 5.18. The molecule has 0 aliphatic carbocycles. The number of ketones is 1. The first kappa shape index (κ1) is 11.8. The van der Waals surface area contributed by atoms with Gasteiger partial charge in [-0.2, -0.15) is 0 Å². The van der Waals surface area contributed by atoms with Crippen LogP contribution in [0.25, 0.3) is 0 Å². The zero-order valence-corrected chi connectivity index (χ0v) is 8.91. The monoisotopic (exact) mass is 212 g/mol. The number of imide groups is 1. The van der Waals surface area contributed by atoms with Gasteiger partial charge >= 0.3 is 0 Å². The van der Waals surface area contributed by atoms with Crippen LogP contribution < -0.4 is 5.32 Å². The molecule has 1 heterocycles. The highest BCUT2D eigenvalue weighted by Crippen LogP contribution is 2.00. The minimum Gasteiger partial charge on any atom is -0.300 e. The summed E-state index contributed by atoms with van der Waals surface area (Å²) in [6.45, 7) is 2.98. The van der Waals surface area contributed by atoms with Gasteiger partial charge in [0.15, 0.2) is 0 Å². The van der Waals surface area contributed by atoms with Crippen LogP contribution in [-0.2, 0) is 14.4 Å². The summed E-state index contributed by atoms with van der Waals surface area (Å²) in [4.78, 5) is 34.8. The summed E-state index contributed by atoms with van der Waals surface area (Å²) in [5.74, 6) is -0.288. The molecule has 0 radical (unpaired) electrons. The van der Waals surface area contributed by atoms with Crippen molar-refractivity contribution < 1.29 is 14.4 Å². The Hall–Kier alpha value is -1.23. The van der Waals surface area contributed by atoms with Gasteiger partial charge in [0.2, 0.25) is 11.8 Å². The number of carbonyl (C=O) groups is 3. The number of hydrogen-bond acceptors (Lipinski definition) is 4. The molecule has 1 saturated heterocycles. The molecule has 1 aliphatic rings. The van der Waals surface area contributed by atoms with Crippen molar-refractivity contribution in [1.82, 2.24) is 10.2 Å². The van der Waals surface area contributed by atoms with Crippen LogP contribution in [0.4, 0.5) is 0 Å². The molecule has 1 rings (SSSR count). The average molecular weight is 212 g/mol. The summed E-state index contributed by atoms with van der Waals surface area (Å²) in [6.07, 6.45) is 1.80. The number of carbonyl (C=O) groups excluding carboxylic acids is 3. The van der Waals surface area contributed by atoms with Gasteiger partial charge in [-0.25, -0.2) is 0 Å². The van der Waals surface area contributed by atoms with Crippen LogP contribution in [-0.4, -0.2) is 42.1 Å². The standard InChI is InChI=1S/C10H16N2O3/c1-2-8(13)4-3-5-12-6-9(14)11-10(15)7-12/h2-7H2,1H3,(H,11,14,15). The Morgan fingerprint density at radius 1 is 1.33 bits per heavy atom. The lowest BCUT2D eigenvalue weighted by molar-refractivity contribution is -0.136. The summed E-state index contributed by atoms with van der Waals surface area (Å²) >= 11 is 0. The lowest BCUT2D eigenvalue weighted by Gasteiger charge is -2.24. The van der Waals surface area contributed by atoms with Gasteiger partial charge in [0.1, 0.15) is 5.78 Å². The van der Waals surface area contributed by atoms with E-state index in [-0.39, 0.29) is 30.7 Å². The molecule has 0 aromatic heterocycles. The van der Waals surface area contributed by atoms with Crippen LogP contribution in [0.3, 0.4) is 0 Å². The molecule has 1 aliphatic heterocycles. The molecular formula is C10H16N2O3. The normalized spacial score (nSPS) is 17.7. The third-order valence-electron chi connectivity index (χ3n) is 2.34. The van der Waals surface area contributed by atoms with Crippen LogP contribution >= 0.6 is 0 Å². The van der Waals surface area contributed by atoms with Gasteiger partial charge < -0.3 is 0 Å². The van der Waals surface area contributed by atoms with Crippen molar-refractivity contribution >= 4 is 17.6 Å². The number of Topliss-reactive ketones (excluding diaryl/α,β-unsaturated/α-hetero) is 1. The molecule has 84 valence electrons. The Morgan fingerprint density at radius 3 is 2.47 bits per heavy atom. The molecular weight excluding hydrogens is 196 g/mol. The highest BCUT2D eigenvalue weighted by atomic mass is 16.2. The van der Waals surface area contributed by atoms with E-state index in [1.165, 1.54) is 0 Å². The maximum Gasteiger partial charge on any atom is 0.240 e. The molecule has 1 N–H and O–H groups in total. The summed E-state index contributed by atoms with van der Waals surface area (Å²) in [5.41, 5.74) is 0. The molecule has 2 amide bonds. The number of piperazine rings is 1. The zero-order chi connectivity index (χ0) is 11.3. The third kappa shape index (κ3) is 4.20. The van der Waals surface area contributed by atoms with E-state index in [1.54, 1.807) is 4.90 Å². The number of amides is 2. The molecule has 5 heteroatoms. The second-order valence-corrected chi connectivity index (χ2v) is 3.68. The molecule has 0 spiro atoms. The smallest absolute Gasteiger partial charge is 0.240 e. The van der Waals surface area contributed by atoms with Crippen LogP contribution in [0.5, 0.6) is 0 Å². The Morgan fingerprint density at radius 2 is 1.93 bits per heavy atom. The van der Waals surface area contributed by atoms with Gasteiger partial charge in [0.05, 0.1) is 13.1 Å². The minimum absolute atomic E-state index is 0.225. The van der Waals surface area contributed by atoms with Crippen molar-refractivity contribution in [1.29, 1.82) is 0 Å². The van der Waals surface area contributed by atoms with Gasteiger partial charge in [-0.3, -0.25) is 24.6 Å². The fourth-order valence-corrected chi connectivity index (χ4v) is 1.53. The average Bonchev–Trinajstić information content (AvgIpc) is 2.16. The lowest BCUT2D eigenvalue weighted by atomic mass is 10.1. The molecule has 0 saturated carbocycles. The van der Waals surface area contributed by atoms with E-state index in [0.29, 0.717) is 25.8 Å². The molecule has 1 fully saturated rings. The van der Waals surface area contributed by atoms with Gasteiger partial charge in [0, 0.05) is 12.8 Å². The van der Waals surface area contributed by atoms with Crippen LogP contribution in [0.1, 0.15) is 26.2 Å². The number of nitrogens with one attached hydrogen (secondary N) is 1. The molecule has 5 nitrogen and oxygen atoms in total. The Labute approximate surface area is 88.8 Å². The quantitative estimate of drug-likeness (QED) is 0.636. The fourth-order valence-electron chi connectivity index (χ4n) is 1.53. The highest BCUT2D eigenvalue weighted by Gasteiger charge is 2.21. The molecule has 0 unspecified atom stereocenters. The molecule has 15 heavy (non-hydrogen) atoms. The first-order valence-corrected chi connectivity index (χ1v) is 5.18. The number of nitrogens with zero attached hydrogens (tertiary/aromatic N) is 1. The van der Waals surface area contributed by atoms with Crippen LogP contribution in [0.15, 0.2) is 0 Å². The van der Waals surface area contributed by atoms with E-state index in [4.69, 9.17) is 0 Å². The van der Waals surface area contributed by atoms with Crippen molar-refractivity contribution in [2.45, 2.75) is 26.2 Å². The van der Waals surface area contributed by atoms with E-state index in [2.05, 4.69) is 5.32 Å². The first-order chi connectivity index (χ1) is 7.11. The van der Waals surface area contributed by atoms with E-state index >= 15 is 0 Å². The minimum atomic E-state index is -0.256. The maximum atomic E-state index is 11.0. The topological polar surface area (TPSA) is 66.5 Å². The van der Waals surface area contributed by atoms with E-state index in [9.17, 15) is 14.4 Å². The van der Waals surface area contributed by atoms with E-state index in [1.807, 2.05) is 6.92 Å². The van der Waals surface area contributed by atoms with Gasteiger partial charge in [-0.1, -0.05) is 6.92 Å². The van der Waals surface area contributed by atoms with E-state index in [0.717, 1.165) is 0 Å². The summed E-state index contributed by atoms with van der Waals surface area (Å²) in [7, 11) is 0. The van der Waals surface area contributed by atoms with Crippen LogP contribution in [0.2, 0.25) is 0 Å². The Balaban J connectivity index is 2.23. The molecule has 0 atom stereocenters. The van der Waals surface area contributed by atoms with Gasteiger partial charge in [-0.15, -0.1) is 0 Å². The Kier molecular flexibility index (Phi) is 4.42. The number of hydrogen-bond donors (Lipinski definition) is 1. The predicted molar refractivity (Wildman–Crippen MR) is 54.1 cm³/mol. The van der Waals surface area contributed by atoms with Gasteiger partial charge in [-0.05, 0) is 13.0 Å². The van der Waals surface area contributed by atoms with Crippen molar-refractivity contribution in [2.24, 2.45) is 0 Å². The predicted octanol–water partition coefficient (Wildman–Crippen LogP) is -0.296. The lowest BCUT2D eigenvalue weighted by Crippen LogP contribution is -2.51. The third-order valence-corrected chi connectivity index (χ3v) is 2.34. The maximum absolute atomic E-state index is 11.0. The Bertz CT molecular complexity index is 260. The number of rotatable bonds is 5. The summed E-state index contributed by atoms with van der Waals surface area (Å²) < 4.78 is 0. The van der Waals surface area contributed by atoms with Gasteiger partial charge in [0.25, 0.3) is 0 Å².